The molecule has 1 rings (SSSR count). The first kappa shape index (κ1) is 14.3. The summed E-state index contributed by atoms with van der Waals surface area (Å²) in [4.78, 5) is 8.47. The number of hydrogen-bond donors (Lipinski definition) is 0. The molecule has 0 saturated heterocycles. The van der Waals surface area contributed by atoms with Crippen LogP contribution in [0.5, 0.6) is 0 Å². The molecule has 0 aliphatic carbocycles. The second-order valence-electron chi connectivity index (χ2n) is 6.06. The molecule has 1 unspecified atom stereocenters. The highest BCUT2D eigenvalue weighted by Crippen LogP contribution is 2.37. The summed E-state index contributed by atoms with van der Waals surface area (Å²) in [6, 6.07) is 1.84. The third-order valence-electron chi connectivity index (χ3n) is 3.39. The van der Waals surface area contributed by atoms with Crippen molar-refractivity contribution in [3.63, 3.8) is 0 Å². The van der Waals surface area contributed by atoms with Crippen LogP contribution in [0.4, 0.5) is 0 Å². The molecule has 0 fully saturated rings. The van der Waals surface area contributed by atoms with Crippen LogP contribution in [0.25, 0.3) is 0 Å². The fourth-order valence-corrected chi connectivity index (χ4v) is 2.86. The Bertz CT molecular complexity index is 346. The van der Waals surface area contributed by atoms with Gasteiger partial charge in [-0.3, -0.25) is 0 Å². The minimum Gasteiger partial charge on any atom is -0.414 e. The number of nitrogens with zero attached hydrogens (tertiary/aromatic N) is 2. The van der Waals surface area contributed by atoms with Gasteiger partial charge in [0.15, 0.2) is 8.32 Å². The molecule has 96 valence electrons. The van der Waals surface area contributed by atoms with Crippen molar-refractivity contribution in [1.82, 2.24) is 9.97 Å². The van der Waals surface area contributed by atoms with E-state index in [1.807, 2.05) is 6.07 Å². The van der Waals surface area contributed by atoms with Gasteiger partial charge in [0.25, 0.3) is 0 Å². The summed E-state index contributed by atoms with van der Waals surface area (Å²) >= 11 is 0. The molecule has 1 atom stereocenters. The van der Waals surface area contributed by atoms with Gasteiger partial charge >= 0.3 is 0 Å². The van der Waals surface area contributed by atoms with Gasteiger partial charge in [-0.2, -0.15) is 0 Å². The first-order valence-corrected chi connectivity index (χ1v) is 9.07. The Balaban J connectivity index is 2.59. The molecule has 0 aromatic carbocycles. The smallest absolute Gasteiger partial charge is 0.192 e. The predicted octanol–water partition coefficient (Wildman–Crippen LogP) is 3.43. The molecule has 0 saturated carbocycles. The third-order valence-corrected chi connectivity index (χ3v) is 8.00. The summed E-state index contributed by atoms with van der Waals surface area (Å²) in [5.41, 5.74) is 0. The molecule has 0 spiro atoms. The van der Waals surface area contributed by atoms with Crippen molar-refractivity contribution in [2.45, 2.75) is 58.4 Å². The molecule has 1 aromatic heterocycles. The monoisotopic (exact) mass is 252 g/mol. The van der Waals surface area contributed by atoms with Crippen molar-refractivity contribution in [2.24, 2.45) is 0 Å². The van der Waals surface area contributed by atoms with Gasteiger partial charge in [0.05, 0.1) is 0 Å². The van der Waals surface area contributed by atoms with Crippen LogP contribution in [0, 0.1) is 0 Å². The molecule has 3 nitrogen and oxygen atoms in total. The second-order valence-corrected chi connectivity index (χ2v) is 10.8. The van der Waals surface area contributed by atoms with Crippen LogP contribution in [0.15, 0.2) is 18.5 Å². The molecule has 0 N–H and O–H groups in total. The second kappa shape index (κ2) is 5.27. The first-order valence-electron chi connectivity index (χ1n) is 6.16. The Morgan fingerprint density at radius 3 is 2.24 bits per heavy atom. The van der Waals surface area contributed by atoms with Crippen molar-refractivity contribution < 1.29 is 4.43 Å². The minimum absolute atomic E-state index is 0.179. The quantitative estimate of drug-likeness (QED) is 0.770. The van der Waals surface area contributed by atoms with E-state index in [0.717, 1.165) is 12.2 Å². The van der Waals surface area contributed by atoms with Gasteiger partial charge in [-0.1, -0.05) is 20.8 Å². The summed E-state index contributed by atoms with van der Waals surface area (Å²) in [5.74, 6) is 0.860. The van der Waals surface area contributed by atoms with Crippen LogP contribution in [0.1, 0.15) is 33.5 Å². The van der Waals surface area contributed by atoms with Crippen molar-refractivity contribution in [3.8, 4) is 0 Å². The van der Waals surface area contributed by atoms with E-state index in [4.69, 9.17) is 4.43 Å². The van der Waals surface area contributed by atoms with Crippen LogP contribution in [0.2, 0.25) is 18.1 Å². The van der Waals surface area contributed by atoms with Gasteiger partial charge in [-0.15, -0.1) is 0 Å². The molecule has 1 aromatic rings. The predicted molar refractivity (Wildman–Crippen MR) is 73.5 cm³/mol. The van der Waals surface area contributed by atoms with Gasteiger partial charge in [-0.25, -0.2) is 9.97 Å². The fraction of sp³-hybridized carbons (Fsp3) is 0.692. The maximum absolute atomic E-state index is 6.27. The van der Waals surface area contributed by atoms with Gasteiger partial charge < -0.3 is 4.43 Å². The number of aromatic nitrogens is 2. The molecule has 17 heavy (non-hydrogen) atoms. The summed E-state index contributed by atoms with van der Waals surface area (Å²) in [6.07, 6.45) is 4.52. The molecular weight excluding hydrogens is 228 g/mol. The van der Waals surface area contributed by atoms with E-state index < -0.39 is 8.32 Å². The zero-order valence-electron chi connectivity index (χ0n) is 11.8. The highest BCUT2D eigenvalue weighted by molar-refractivity contribution is 6.74. The zero-order valence-corrected chi connectivity index (χ0v) is 12.8. The van der Waals surface area contributed by atoms with E-state index in [-0.39, 0.29) is 11.1 Å². The lowest BCUT2D eigenvalue weighted by Gasteiger charge is -2.38. The van der Waals surface area contributed by atoms with Crippen LogP contribution < -0.4 is 0 Å². The molecule has 0 radical (unpaired) electrons. The largest absolute Gasteiger partial charge is 0.414 e. The molecular formula is C13H24N2OSi. The van der Waals surface area contributed by atoms with Gasteiger partial charge in [-0.05, 0) is 31.1 Å². The number of rotatable bonds is 4. The van der Waals surface area contributed by atoms with Crippen molar-refractivity contribution in [3.05, 3.63) is 24.3 Å². The van der Waals surface area contributed by atoms with Crippen LogP contribution >= 0.6 is 0 Å². The van der Waals surface area contributed by atoms with E-state index >= 15 is 0 Å². The molecule has 1 heterocycles. The first-order chi connectivity index (χ1) is 7.72. The summed E-state index contributed by atoms with van der Waals surface area (Å²) in [5, 5.41) is 0.249. The van der Waals surface area contributed by atoms with Crippen molar-refractivity contribution in [1.29, 1.82) is 0 Å². The standard InChI is InChI=1S/C13H24N2OSi/c1-11(10-12-14-8-7-9-15-12)16-17(5,6)13(2,3)4/h7-9,11H,10H2,1-6H3. The van der Waals surface area contributed by atoms with Crippen molar-refractivity contribution >= 4 is 8.32 Å². The minimum atomic E-state index is -1.68. The maximum atomic E-state index is 6.27. The summed E-state index contributed by atoms with van der Waals surface area (Å²) in [6.45, 7) is 13.4. The lowest BCUT2D eigenvalue weighted by atomic mass is 10.2. The topological polar surface area (TPSA) is 35.0 Å². The Hall–Kier alpha value is -0.743. The van der Waals surface area contributed by atoms with E-state index in [2.05, 4.69) is 50.8 Å². The van der Waals surface area contributed by atoms with Gasteiger partial charge in [0.2, 0.25) is 0 Å². The molecule has 4 heteroatoms. The van der Waals surface area contributed by atoms with Gasteiger partial charge in [0.1, 0.15) is 5.82 Å². The van der Waals surface area contributed by atoms with E-state index in [0.29, 0.717) is 0 Å². The Morgan fingerprint density at radius 1 is 1.24 bits per heavy atom. The summed E-state index contributed by atoms with van der Waals surface area (Å²) in [7, 11) is -1.68. The van der Waals surface area contributed by atoms with E-state index in [1.54, 1.807) is 12.4 Å². The van der Waals surface area contributed by atoms with Crippen LogP contribution in [-0.4, -0.2) is 24.4 Å². The highest BCUT2D eigenvalue weighted by Gasteiger charge is 2.38. The molecule has 0 aliphatic heterocycles. The van der Waals surface area contributed by atoms with E-state index in [9.17, 15) is 0 Å². The molecule has 0 bridgehead atoms. The zero-order chi connectivity index (χ0) is 13.1. The molecule has 0 aliphatic rings. The Morgan fingerprint density at radius 2 is 1.76 bits per heavy atom. The van der Waals surface area contributed by atoms with Crippen LogP contribution in [-0.2, 0) is 10.8 Å². The highest BCUT2D eigenvalue weighted by atomic mass is 28.4. The average molecular weight is 252 g/mol. The average Bonchev–Trinajstić information content (AvgIpc) is 2.16. The normalized spacial score (nSPS) is 14.7. The SMILES string of the molecule is CC(Cc1ncccn1)O[Si](C)(C)C(C)(C)C. The molecule has 0 amide bonds. The Kier molecular flexibility index (Phi) is 4.44. The lowest BCUT2D eigenvalue weighted by molar-refractivity contribution is 0.197. The van der Waals surface area contributed by atoms with Gasteiger partial charge in [0, 0.05) is 24.9 Å². The van der Waals surface area contributed by atoms with E-state index in [1.165, 1.54) is 0 Å². The van der Waals surface area contributed by atoms with Crippen molar-refractivity contribution in [2.75, 3.05) is 0 Å². The summed E-state index contributed by atoms with van der Waals surface area (Å²) < 4.78 is 6.27. The maximum Gasteiger partial charge on any atom is 0.192 e. The Labute approximate surface area is 106 Å². The lowest BCUT2D eigenvalue weighted by Crippen LogP contribution is -2.43. The fourth-order valence-electron chi connectivity index (χ4n) is 1.41. The third kappa shape index (κ3) is 4.20. The van der Waals surface area contributed by atoms with Crippen LogP contribution in [0.3, 0.4) is 0 Å². The number of hydrogen-bond acceptors (Lipinski definition) is 3.